The van der Waals surface area contributed by atoms with Crippen LogP contribution >= 0.6 is 0 Å². The van der Waals surface area contributed by atoms with E-state index in [1.165, 1.54) is 0 Å². The molecule has 3 rings (SSSR count). The summed E-state index contributed by atoms with van der Waals surface area (Å²) in [5.74, 6) is 1.62. The highest BCUT2D eigenvalue weighted by Crippen LogP contribution is 2.39. The first-order chi connectivity index (χ1) is 11.6. The van der Waals surface area contributed by atoms with E-state index in [1.807, 2.05) is 0 Å². The van der Waals surface area contributed by atoms with E-state index in [-0.39, 0.29) is 12.6 Å². The molecule has 1 saturated heterocycles. The Balaban J connectivity index is 1.74. The average Bonchev–Trinajstić information content (AvgIpc) is 3.12. The van der Waals surface area contributed by atoms with Gasteiger partial charge in [-0.1, -0.05) is 0 Å². The molecule has 7 heteroatoms. The number of β-amino-alcohol motifs (C(OH)–C–C–N with tert-alkyl or cyclic N) is 1. The van der Waals surface area contributed by atoms with Crippen molar-refractivity contribution in [2.75, 3.05) is 40.5 Å². The number of ether oxygens (including phenoxy) is 3. The Morgan fingerprint density at radius 1 is 1.38 bits per heavy atom. The summed E-state index contributed by atoms with van der Waals surface area (Å²) in [4.78, 5) is 14.1. The Labute approximate surface area is 141 Å². The molecule has 0 radical (unpaired) electrons. The zero-order valence-electron chi connectivity index (χ0n) is 14.1. The van der Waals surface area contributed by atoms with Crippen LogP contribution in [-0.4, -0.2) is 56.6 Å². The number of aliphatic hydroxyl groups is 1. The van der Waals surface area contributed by atoms with E-state index in [4.69, 9.17) is 14.2 Å². The number of rotatable bonds is 4. The third kappa shape index (κ3) is 3.27. The molecule has 2 atom stereocenters. The molecule has 2 aliphatic rings. The number of nitrogens with one attached hydrogen (secondary N) is 1. The molecule has 0 saturated carbocycles. The maximum Gasteiger partial charge on any atom is 0.317 e. The van der Waals surface area contributed by atoms with Gasteiger partial charge in [-0.3, -0.25) is 0 Å². The van der Waals surface area contributed by atoms with E-state index in [0.29, 0.717) is 42.7 Å². The van der Waals surface area contributed by atoms with Crippen LogP contribution in [-0.2, 0) is 11.3 Å². The maximum absolute atomic E-state index is 12.5. The smallest absolute Gasteiger partial charge is 0.317 e. The van der Waals surface area contributed by atoms with E-state index in [9.17, 15) is 9.90 Å². The Hall–Kier alpha value is -1.99. The van der Waals surface area contributed by atoms with Gasteiger partial charge in [-0.25, -0.2) is 4.79 Å². The highest BCUT2D eigenvalue weighted by molar-refractivity contribution is 5.75. The van der Waals surface area contributed by atoms with Crippen LogP contribution in [0.25, 0.3) is 0 Å². The molecule has 0 bridgehead atoms. The molecular formula is C17H24N2O5. The lowest BCUT2D eigenvalue weighted by Gasteiger charge is -2.34. The average molecular weight is 336 g/mol. The number of urea groups is 1. The SMILES string of the molecule is COc1ccc(OC)c2c1CN(C(=O)NCC1CCOC1)CC2O. The Bertz CT molecular complexity index is 601. The van der Waals surface area contributed by atoms with Gasteiger partial charge < -0.3 is 29.5 Å². The first-order valence-electron chi connectivity index (χ1n) is 8.16. The molecule has 132 valence electrons. The number of hydrogen-bond donors (Lipinski definition) is 2. The molecule has 2 N–H and O–H groups in total. The second-order valence-corrected chi connectivity index (χ2v) is 6.17. The van der Waals surface area contributed by atoms with Gasteiger partial charge >= 0.3 is 6.03 Å². The summed E-state index contributed by atoms with van der Waals surface area (Å²) in [6.07, 6.45) is 0.163. The zero-order chi connectivity index (χ0) is 17.1. The Morgan fingerprint density at radius 3 is 2.79 bits per heavy atom. The van der Waals surface area contributed by atoms with Crippen LogP contribution < -0.4 is 14.8 Å². The number of methoxy groups -OCH3 is 2. The Morgan fingerprint density at radius 2 is 2.12 bits per heavy atom. The third-order valence-corrected chi connectivity index (χ3v) is 4.64. The molecule has 1 fully saturated rings. The fraction of sp³-hybridized carbons (Fsp3) is 0.588. The Kier molecular flexibility index (Phi) is 5.11. The van der Waals surface area contributed by atoms with Gasteiger partial charge in [-0.15, -0.1) is 0 Å². The number of benzene rings is 1. The van der Waals surface area contributed by atoms with Crippen LogP contribution in [0, 0.1) is 5.92 Å². The van der Waals surface area contributed by atoms with Crippen molar-refractivity contribution in [3.05, 3.63) is 23.3 Å². The van der Waals surface area contributed by atoms with Gasteiger partial charge in [0.2, 0.25) is 0 Å². The van der Waals surface area contributed by atoms with Gasteiger partial charge in [0.25, 0.3) is 0 Å². The molecule has 2 aliphatic heterocycles. The van der Waals surface area contributed by atoms with Crippen LogP contribution in [0.2, 0.25) is 0 Å². The summed E-state index contributed by atoms with van der Waals surface area (Å²) in [5, 5.41) is 13.5. The van der Waals surface area contributed by atoms with Crippen LogP contribution in [0.3, 0.4) is 0 Å². The molecule has 24 heavy (non-hydrogen) atoms. The lowest BCUT2D eigenvalue weighted by Crippen LogP contribution is -2.45. The summed E-state index contributed by atoms with van der Waals surface area (Å²) < 4.78 is 16.1. The monoisotopic (exact) mass is 336 g/mol. The molecule has 2 unspecified atom stereocenters. The minimum atomic E-state index is -0.806. The summed E-state index contributed by atoms with van der Waals surface area (Å²) in [5.41, 5.74) is 1.49. The number of carbonyl (C=O) groups excluding carboxylic acids is 1. The topological polar surface area (TPSA) is 80.3 Å². The third-order valence-electron chi connectivity index (χ3n) is 4.64. The van der Waals surface area contributed by atoms with E-state index in [1.54, 1.807) is 31.3 Å². The van der Waals surface area contributed by atoms with E-state index in [2.05, 4.69) is 5.32 Å². The molecule has 1 aromatic carbocycles. The molecule has 2 heterocycles. The summed E-state index contributed by atoms with van der Waals surface area (Å²) in [6, 6.07) is 3.38. The van der Waals surface area contributed by atoms with E-state index < -0.39 is 6.10 Å². The minimum absolute atomic E-state index is 0.184. The number of aliphatic hydroxyl groups excluding tert-OH is 1. The van der Waals surface area contributed by atoms with Gasteiger partial charge in [0.15, 0.2) is 0 Å². The van der Waals surface area contributed by atoms with Crippen molar-refractivity contribution in [2.24, 2.45) is 5.92 Å². The van der Waals surface area contributed by atoms with Crippen molar-refractivity contribution in [1.82, 2.24) is 10.2 Å². The molecule has 1 aromatic rings. The number of amides is 2. The lowest BCUT2D eigenvalue weighted by atomic mass is 9.95. The van der Waals surface area contributed by atoms with Crippen molar-refractivity contribution >= 4 is 6.03 Å². The number of hydrogen-bond acceptors (Lipinski definition) is 5. The maximum atomic E-state index is 12.5. The van der Waals surface area contributed by atoms with Crippen LogP contribution in [0.4, 0.5) is 4.79 Å². The fourth-order valence-corrected chi connectivity index (χ4v) is 3.32. The fourth-order valence-electron chi connectivity index (χ4n) is 3.32. The van der Waals surface area contributed by atoms with Gasteiger partial charge in [0.05, 0.1) is 33.9 Å². The quantitative estimate of drug-likeness (QED) is 0.866. The first kappa shape index (κ1) is 16.9. The van der Waals surface area contributed by atoms with Gasteiger partial charge in [0, 0.05) is 30.2 Å². The van der Waals surface area contributed by atoms with Crippen LogP contribution in [0.15, 0.2) is 12.1 Å². The lowest BCUT2D eigenvalue weighted by molar-refractivity contribution is 0.1000. The second-order valence-electron chi connectivity index (χ2n) is 6.17. The number of fused-ring (bicyclic) bond motifs is 1. The van der Waals surface area contributed by atoms with Crippen molar-refractivity contribution in [3.63, 3.8) is 0 Å². The summed E-state index contributed by atoms with van der Waals surface area (Å²) >= 11 is 0. The predicted octanol–water partition coefficient (Wildman–Crippen LogP) is 1.30. The molecule has 0 spiro atoms. The standard InChI is InChI=1S/C17H24N2O5/c1-22-14-3-4-15(23-2)16-12(14)8-19(9-13(16)20)17(21)18-7-11-5-6-24-10-11/h3-4,11,13,20H,5-10H2,1-2H3,(H,18,21). The highest BCUT2D eigenvalue weighted by Gasteiger charge is 2.32. The highest BCUT2D eigenvalue weighted by atomic mass is 16.5. The van der Waals surface area contributed by atoms with Crippen molar-refractivity contribution < 1.29 is 24.1 Å². The van der Waals surface area contributed by atoms with Crippen molar-refractivity contribution in [3.8, 4) is 11.5 Å². The normalized spacial score (nSPS) is 22.9. The minimum Gasteiger partial charge on any atom is -0.496 e. The largest absolute Gasteiger partial charge is 0.496 e. The number of carbonyl (C=O) groups is 1. The molecule has 0 aliphatic carbocycles. The van der Waals surface area contributed by atoms with E-state index in [0.717, 1.165) is 18.6 Å². The molecule has 0 aromatic heterocycles. The predicted molar refractivity (Wildman–Crippen MR) is 87.2 cm³/mol. The van der Waals surface area contributed by atoms with Crippen molar-refractivity contribution in [2.45, 2.75) is 19.1 Å². The van der Waals surface area contributed by atoms with Crippen LogP contribution in [0.5, 0.6) is 11.5 Å². The first-order valence-corrected chi connectivity index (χ1v) is 8.16. The number of nitrogens with zero attached hydrogens (tertiary/aromatic N) is 1. The molecule has 7 nitrogen and oxygen atoms in total. The molecular weight excluding hydrogens is 312 g/mol. The summed E-state index contributed by atoms with van der Waals surface area (Å²) in [6.45, 7) is 2.64. The van der Waals surface area contributed by atoms with Crippen molar-refractivity contribution in [1.29, 1.82) is 0 Å². The zero-order valence-corrected chi connectivity index (χ0v) is 14.1. The van der Waals surface area contributed by atoms with E-state index >= 15 is 0 Å². The summed E-state index contributed by atoms with van der Waals surface area (Å²) in [7, 11) is 3.14. The molecule has 2 amide bonds. The second kappa shape index (κ2) is 7.27. The van der Waals surface area contributed by atoms with Gasteiger partial charge in [-0.2, -0.15) is 0 Å². The van der Waals surface area contributed by atoms with Gasteiger partial charge in [0.1, 0.15) is 17.6 Å². The van der Waals surface area contributed by atoms with Crippen LogP contribution in [0.1, 0.15) is 23.7 Å². The van der Waals surface area contributed by atoms with Gasteiger partial charge in [-0.05, 0) is 18.6 Å².